The second-order valence-corrected chi connectivity index (χ2v) is 9.90. The zero-order chi connectivity index (χ0) is 21.4. The van der Waals surface area contributed by atoms with Crippen molar-refractivity contribution in [3.63, 3.8) is 0 Å². The van der Waals surface area contributed by atoms with Crippen LogP contribution in [-0.4, -0.2) is 45.2 Å². The summed E-state index contributed by atoms with van der Waals surface area (Å²) in [5, 5.41) is 3.41. The van der Waals surface area contributed by atoms with Crippen molar-refractivity contribution in [1.29, 1.82) is 0 Å². The number of nitrogens with one attached hydrogen (secondary N) is 1. The lowest BCUT2D eigenvalue weighted by Crippen LogP contribution is -2.44. The minimum Gasteiger partial charge on any atom is -0.357 e. The third kappa shape index (κ3) is 7.02. The van der Waals surface area contributed by atoms with E-state index in [1.807, 2.05) is 30.3 Å². The molecule has 5 nitrogen and oxygen atoms in total. The summed E-state index contributed by atoms with van der Waals surface area (Å²) in [6, 6.07) is 18.2. The number of benzene rings is 2. The van der Waals surface area contributed by atoms with E-state index in [9.17, 15) is 8.42 Å². The summed E-state index contributed by atoms with van der Waals surface area (Å²) in [6.07, 6.45) is 5.64. The van der Waals surface area contributed by atoms with Crippen LogP contribution < -0.4 is 5.32 Å². The third-order valence-corrected chi connectivity index (χ3v) is 5.93. The van der Waals surface area contributed by atoms with Crippen molar-refractivity contribution in [3.8, 4) is 0 Å². The van der Waals surface area contributed by atoms with E-state index in [1.54, 1.807) is 0 Å². The molecule has 0 radical (unpaired) electrons. The fourth-order valence-corrected chi connectivity index (χ4v) is 4.37. The molecule has 2 aromatic rings. The molecule has 0 unspecified atom stereocenters. The highest BCUT2D eigenvalue weighted by atomic mass is 32.2. The topological polar surface area (TPSA) is 61.8 Å². The molecule has 160 valence electrons. The van der Waals surface area contributed by atoms with Crippen molar-refractivity contribution in [3.05, 3.63) is 76.9 Å². The Morgan fingerprint density at radius 2 is 1.67 bits per heavy atom. The smallest absolute Gasteiger partial charge is 0.194 e. The van der Waals surface area contributed by atoms with Gasteiger partial charge in [0.1, 0.15) is 0 Å². The fraction of sp³-hybridized carbons (Fsp3) is 0.375. The molecule has 1 aliphatic rings. The standard InChI is InChI=1S/C24H31N3O2S/c1-3-25-24(26-18-22-9-11-23(12-10-22)19-30(2,28)29)27-15-13-21(14-16-27)17-20-7-5-4-6-8-20/h4-12,17H,3,13-16,18-19H2,1-2H3,(H,25,26). The molecule has 1 heterocycles. The van der Waals surface area contributed by atoms with Crippen LogP contribution >= 0.6 is 0 Å². The van der Waals surface area contributed by atoms with Gasteiger partial charge in [-0.3, -0.25) is 0 Å². The molecule has 3 rings (SSSR count). The molecule has 0 saturated carbocycles. The van der Waals surface area contributed by atoms with Crippen LogP contribution in [0.1, 0.15) is 36.5 Å². The summed E-state index contributed by atoms with van der Waals surface area (Å²) in [6.45, 7) is 5.40. The molecule has 1 aliphatic heterocycles. The average molecular weight is 426 g/mol. The number of nitrogens with zero attached hydrogens (tertiary/aromatic N) is 2. The molecule has 0 bridgehead atoms. The van der Waals surface area contributed by atoms with Gasteiger partial charge in [-0.2, -0.15) is 0 Å². The van der Waals surface area contributed by atoms with Crippen LogP contribution in [0.15, 0.2) is 65.2 Å². The van der Waals surface area contributed by atoms with Crippen molar-refractivity contribution in [2.24, 2.45) is 4.99 Å². The predicted molar refractivity (Wildman–Crippen MR) is 125 cm³/mol. The number of aliphatic imine (C=N–C) groups is 1. The molecule has 1 fully saturated rings. The molecule has 2 aromatic carbocycles. The molecule has 0 spiro atoms. The zero-order valence-electron chi connectivity index (χ0n) is 17.8. The number of piperidine rings is 1. The second kappa shape index (κ2) is 10.4. The molecule has 0 atom stereocenters. The lowest BCUT2D eigenvalue weighted by Gasteiger charge is -2.31. The molecule has 6 heteroatoms. The maximum absolute atomic E-state index is 11.4. The summed E-state index contributed by atoms with van der Waals surface area (Å²) < 4.78 is 22.9. The number of rotatable bonds is 6. The van der Waals surface area contributed by atoms with Crippen molar-refractivity contribution < 1.29 is 8.42 Å². The maximum atomic E-state index is 11.4. The van der Waals surface area contributed by atoms with Gasteiger partial charge in [-0.25, -0.2) is 13.4 Å². The first-order valence-corrected chi connectivity index (χ1v) is 12.5. The Labute approximate surface area is 180 Å². The maximum Gasteiger partial charge on any atom is 0.194 e. The highest BCUT2D eigenvalue weighted by Crippen LogP contribution is 2.19. The van der Waals surface area contributed by atoms with Gasteiger partial charge in [0.2, 0.25) is 0 Å². The Morgan fingerprint density at radius 3 is 2.27 bits per heavy atom. The monoisotopic (exact) mass is 425 g/mol. The van der Waals surface area contributed by atoms with Gasteiger partial charge >= 0.3 is 0 Å². The van der Waals surface area contributed by atoms with Gasteiger partial charge < -0.3 is 10.2 Å². The SMILES string of the molecule is CCNC(=NCc1ccc(CS(C)(=O)=O)cc1)N1CCC(=Cc2ccccc2)CC1. The first-order valence-electron chi connectivity index (χ1n) is 10.5. The van der Waals surface area contributed by atoms with Crippen molar-refractivity contribution in [1.82, 2.24) is 10.2 Å². The fourth-order valence-electron chi connectivity index (χ4n) is 3.57. The Kier molecular flexibility index (Phi) is 7.69. The molecule has 30 heavy (non-hydrogen) atoms. The number of guanidine groups is 1. The third-order valence-electron chi connectivity index (χ3n) is 5.07. The van der Waals surface area contributed by atoms with E-state index >= 15 is 0 Å². The molecule has 0 amide bonds. The molecular weight excluding hydrogens is 394 g/mol. The van der Waals surface area contributed by atoms with E-state index in [4.69, 9.17) is 4.99 Å². The van der Waals surface area contributed by atoms with Gasteiger partial charge in [-0.1, -0.05) is 66.2 Å². The second-order valence-electron chi connectivity index (χ2n) is 7.76. The summed E-state index contributed by atoms with van der Waals surface area (Å²) >= 11 is 0. The molecule has 1 N–H and O–H groups in total. The molecular formula is C24H31N3O2S. The molecule has 1 saturated heterocycles. The highest BCUT2D eigenvalue weighted by molar-refractivity contribution is 7.89. The Balaban J connectivity index is 1.60. The molecule has 0 aliphatic carbocycles. The summed E-state index contributed by atoms with van der Waals surface area (Å²) in [5.41, 5.74) is 4.63. The largest absolute Gasteiger partial charge is 0.357 e. The van der Waals surface area contributed by atoms with E-state index in [1.165, 1.54) is 17.4 Å². The number of hydrogen-bond acceptors (Lipinski definition) is 3. The first kappa shape index (κ1) is 22.1. The summed E-state index contributed by atoms with van der Waals surface area (Å²) in [4.78, 5) is 7.14. The van der Waals surface area contributed by atoms with Crippen LogP contribution in [0.4, 0.5) is 0 Å². The van der Waals surface area contributed by atoms with Gasteiger partial charge in [0.05, 0.1) is 12.3 Å². The van der Waals surface area contributed by atoms with Crippen LogP contribution in [0.3, 0.4) is 0 Å². The Morgan fingerprint density at radius 1 is 1.03 bits per heavy atom. The predicted octanol–water partition coefficient (Wildman–Crippen LogP) is 3.88. The molecule has 0 aromatic heterocycles. The minimum absolute atomic E-state index is 0.0752. The van der Waals surface area contributed by atoms with Crippen LogP contribution in [0.5, 0.6) is 0 Å². The number of hydrogen-bond donors (Lipinski definition) is 1. The quantitative estimate of drug-likeness (QED) is 0.564. The van der Waals surface area contributed by atoms with Crippen LogP contribution in [0.25, 0.3) is 6.08 Å². The van der Waals surface area contributed by atoms with E-state index in [2.05, 4.69) is 47.5 Å². The Bertz CT molecular complexity index is 971. The normalized spacial score (nSPS) is 15.2. The van der Waals surface area contributed by atoms with Gasteiger partial charge in [0.15, 0.2) is 15.8 Å². The van der Waals surface area contributed by atoms with Crippen LogP contribution in [0, 0.1) is 0 Å². The van der Waals surface area contributed by atoms with Gasteiger partial charge in [0, 0.05) is 25.9 Å². The lowest BCUT2D eigenvalue weighted by atomic mass is 10.0. The first-order chi connectivity index (χ1) is 14.4. The van der Waals surface area contributed by atoms with Crippen LogP contribution in [-0.2, 0) is 22.1 Å². The minimum atomic E-state index is -3.01. The number of likely N-dealkylation sites (tertiary alicyclic amines) is 1. The van der Waals surface area contributed by atoms with E-state index in [0.29, 0.717) is 6.54 Å². The summed E-state index contributed by atoms with van der Waals surface area (Å²) in [7, 11) is -3.01. The van der Waals surface area contributed by atoms with Crippen molar-refractivity contribution in [2.45, 2.75) is 32.1 Å². The number of sulfone groups is 1. The van der Waals surface area contributed by atoms with Gasteiger partial charge in [-0.15, -0.1) is 0 Å². The van der Waals surface area contributed by atoms with E-state index < -0.39 is 9.84 Å². The van der Waals surface area contributed by atoms with Gasteiger partial charge in [0.25, 0.3) is 0 Å². The van der Waals surface area contributed by atoms with Crippen LogP contribution in [0.2, 0.25) is 0 Å². The average Bonchev–Trinajstić information content (AvgIpc) is 2.72. The van der Waals surface area contributed by atoms with Gasteiger partial charge in [-0.05, 0) is 36.5 Å². The Hall–Kier alpha value is -2.60. The van der Waals surface area contributed by atoms with E-state index in [0.717, 1.165) is 49.6 Å². The van der Waals surface area contributed by atoms with E-state index in [-0.39, 0.29) is 5.75 Å². The van der Waals surface area contributed by atoms with Crippen molar-refractivity contribution in [2.75, 3.05) is 25.9 Å². The highest BCUT2D eigenvalue weighted by Gasteiger charge is 2.17. The zero-order valence-corrected chi connectivity index (χ0v) is 18.7. The van der Waals surface area contributed by atoms with Crippen molar-refractivity contribution >= 4 is 21.9 Å². The lowest BCUT2D eigenvalue weighted by molar-refractivity contribution is 0.375. The summed E-state index contributed by atoms with van der Waals surface area (Å²) in [5.74, 6) is 1.02.